The van der Waals surface area contributed by atoms with E-state index in [4.69, 9.17) is 4.74 Å². The fraction of sp³-hybridized carbons (Fsp3) is 0.250. The van der Waals surface area contributed by atoms with Crippen LogP contribution in [0.15, 0.2) is 60.7 Å². The van der Waals surface area contributed by atoms with Crippen molar-refractivity contribution in [3.63, 3.8) is 0 Å². The number of carbonyl (C=O) groups excluding carboxylic acids is 1. The second kappa shape index (κ2) is 5.92. The van der Waals surface area contributed by atoms with Crippen LogP contribution >= 0.6 is 0 Å². The van der Waals surface area contributed by atoms with Crippen molar-refractivity contribution in [2.45, 2.75) is 19.9 Å². The first kappa shape index (κ1) is 15.3. The van der Waals surface area contributed by atoms with Crippen LogP contribution in [0.3, 0.4) is 0 Å². The van der Waals surface area contributed by atoms with Gasteiger partial charge < -0.3 is 9.64 Å². The zero-order valence-electron chi connectivity index (χ0n) is 13.7. The number of β-lactam (4-membered cyclic amide) rings is 1. The molecule has 23 heavy (non-hydrogen) atoms. The molecule has 3 rings (SSSR count). The lowest BCUT2D eigenvalue weighted by atomic mass is 9.73. The monoisotopic (exact) mass is 307 g/mol. The molecule has 0 N–H and O–H groups in total. The summed E-state index contributed by atoms with van der Waals surface area (Å²) < 4.78 is 5.18. The minimum atomic E-state index is -0.384. The molecule has 0 aliphatic carbocycles. The normalized spacial score (nSPS) is 19.7. The minimum Gasteiger partial charge on any atom is -0.497 e. The summed E-state index contributed by atoms with van der Waals surface area (Å²) in [6, 6.07) is 17.8. The van der Waals surface area contributed by atoms with Gasteiger partial charge in [0, 0.05) is 5.69 Å². The van der Waals surface area contributed by atoms with Crippen molar-refractivity contribution in [3.05, 3.63) is 66.2 Å². The molecule has 1 fully saturated rings. The molecule has 1 saturated heterocycles. The molecule has 2 aromatic rings. The van der Waals surface area contributed by atoms with Gasteiger partial charge in [-0.1, -0.05) is 42.5 Å². The van der Waals surface area contributed by atoms with E-state index in [-0.39, 0.29) is 17.4 Å². The highest BCUT2D eigenvalue weighted by Crippen LogP contribution is 2.43. The van der Waals surface area contributed by atoms with Crippen molar-refractivity contribution in [1.82, 2.24) is 0 Å². The summed E-state index contributed by atoms with van der Waals surface area (Å²) in [7, 11) is 1.64. The lowest BCUT2D eigenvalue weighted by Crippen LogP contribution is -2.66. The van der Waals surface area contributed by atoms with Gasteiger partial charge in [0.15, 0.2) is 0 Å². The average Bonchev–Trinajstić information content (AvgIpc) is 2.59. The average molecular weight is 307 g/mol. The van der Waals surface area contributed by atoms with Gasteiger partial charge in [0.1, 0.15) is 5.75 Å². The van der Waals surface area contributed by atoms with Gasteiger partial charge in [-0.05, 0) is 43.7 Å². The summed E-state index contributed by atoms with van der Waals surface area (Å²) in [5.41, 5.74) is 1.65. The fourth-order valence-electron chi connectivity index (χ4n) is 2.93. The Morgan fingerprint density at radius 2 is 1.70 bits per heavy atom. The van der Waals surface area contributed by atoms with Gasteiger partial charge in [0.05, 0.1) is 18.6 Å². The Hall–Kier alpha value is -2.55. The highest BCUT2D eigenvalue weighted by atomic mass is 16.5. The third-order valence-corrected chi connectivity index (χ3v) is 4.41. The number of hydrogen-bond acceptors (Lipinski definition) is 2. The molecule has 1 atom stereocenters. The fourth-order valence-corrected chi connectivity index (χ4v) is 2.93. The number of benzene rings is 2. The van der Waals surface area contributed by atoms with Gasteiger partial charge in [-0.2, -0.15) is 0 Å². The maximum Gasteiger partial charge on any atom is 0.235 e. The van der Waals surface area contributed by atoms with E-state index in [2.05, 4.69) is 24.3 Å². The van der Waals surface area contributed by atoms with E-state index >= 15 is 0 Å². The molecular weight excluding hydrogens is 286 g/mol. The Bertz CT molecular complexity index is 717. The maximum absolute atomic E-state index is 12.5. The summed E-state index contributed by atoms with van der Waals surface area (Å²) in [6.07, 6.45) is 4.19. The molecule has 1 aliphatic rings. The maximum atomic E-state index is 12.5. The van der Waals surface area contributed by atoms with E-state index in [0.29, 0.717) is 0 Å². The van der Waals surface area contributed by atoms with Crippen LogP contribution in [-0.2, 0) is 4.79 Å². The molecular formula is C20H21NO2. The predicted molar refractivity (Wildman–Crippen MR) is 93.5 cm³/mol. The third kappa shape index (κ3) is 2.74. The Labute approximate surface area is 137 Å². The van der Waals surface area contributed by atoms with Crippen molar-refractivity contribution in [3.8, 4) is 5.75 Å². The molecule has 3 nitrogen and oxygen atoms in total. The first-order chi connectivity index (χ1) is 11.0. The van der Waals surface area contributed by atoms with Crippen molar-refractivity contribution < 1.29 is 9.53 Å². The number of nitrogens with zero attached hydrogens (tertiary/aromatic N) is 1. The highest BCUT2D eigenvalue weighted by molar-refractivity contribution is 6.06. The van der Waals surface area contributed by atoms with Gasteiger partial charge >= 0.3 is 0 Å². The molecule has 1 aliphatic heterocycles. The van der Waals surface area contributed by atoms with Crippen LogP contribution in [-0.4, -0.2) is 19.1 Å². The second-order valence-electron chi connectivity index (χ2n) is 6.31. The van der Waals surface area contributed by atoms with Crippen molar-refractivity contribution >= 4 is 17.7 Å². The molecule has 1 heterocycles. The first-order valence-electron chi connectivity index (χ1n) is 7.75. The Morgan fingerprint density at radius 3 is 2.30 bits per heavy atom. The van der Waals surface area contributed by atoms with Gasteiger partial charge in [-0.15, -0.1) is 0 Å². The van der Waals surface area contributed by atoms with E-state index in [1.165, 1.54) is 0 Å². The number of anilines is 1. The van der Waals surface area contributed by atoms with Gasteiger partial charge in [0.2, 0.25) is 5.91 Å². The molecule has 0 aromatic heterocycles. The smallest absolute Gasteiger partial charge is 0.235 e. The summed E-state index contributed by atoms with van der Waals surface area (Å²) in [5.74, 6) is 0.933. The van der Waals surface area contributed by atoms with E-state index in [1.54, 1.807) is 7.11 Å². The predicted octanol–water partition coefficient (Wildman–Crippen LogP) is 4.15. The van der Waals surface area contributed by atoms with Crippen molar-refractivity contribution in [2.24, 2.45) is 5.41 Å². The zero-order valence-corrected chi connectivity index (χ0v) is 13.7. The first-order valence-corrected chi connectivity index (χ1v) is 7.75. The molecule has 1 unspecified atom stereocenters. The third-order valence-electron chi connectivity index (χ3n) is 4.41. The van der Waals surface area contributed by atoms with Crippen LogP contribution in [0.25, 0.3) is 6.08 Å². The van der Waals surface area contributed by atoms with Crippen LogP contribution in [0.2, 0.25) is 0 Å². The number of rotatable bonds is 4. The van der Waals surface area contributed by atoms with Crippen LogP contribution in [0.4, 0.5) is 5.69 Å². The van der Waals surface area contributed by atoms with Gasteiger partial charge in [-0.3, -0.25) is 4.79 Å². The molecule has 0 bridgehead atoms. The molecule has 0 spiro atoms. The lowest BCUT2D eigenvalue weighted by molar-refractivity contribution is -0.135. The molecule has 3 heteroatoms. The molecule has 118 valence electrons. The molecule has 1 amide bonds. The molecule has 2 aromatic carbocycles. The summed E-state index contributed by atoms with van der Waals surface area (Å²) in [4.78, 5) is 14.4. The topological polar surface area (TPSA) is 29.5 Å². The van der Waals surface area contributed by atoms with Crippen LogP contribution in [0, 0.1) is 5.41 Å². The van der Waals surface area contributed by atoms with Crippen LogP contribution in [0.1, 0.15) is 19.4 Å². The summed E-state index contributed by atoms with van der Waals surface area (Å²) in [6.45, 7) is 3.99. The lowest BCUT2D eigenvalue weighted by Gasteiger charge is -2.51. The van der Waals surface area contributed by atoms with Crippen molar-refractivity contribution in [2.75, 3.05) is 12.0 Å². The number of ether oxygens (including phenoxy) is 1. The Balaban J connectivity index is 1.86. The number of carbonyl (C=O) groups is 1. The standard InChI is InChI=1S/C20H21NO2/c1-20(2)18(14-9-15-7-5-4-6-8-15)21(19(20)22)16-10-12-17(23-3)13-11-16/h4-14,18H,1-3H3/b14-9+. The largest absolute Gasteiger partial charge is 0.497 e. The quantitative estimate of drug-likeness (QED) is 0.794. The molecule has 0 saturated carbocycles. The van der Waals surface area contributed by atoms with E-state index in [1.807, 2.05) is 61.2 Å². The summed E-state index contributed by atoms with van der Waals surface area (Å²) >= 11 is 0. The van der Waals surface area contributed by atoms with Gasteiger partial charge in [-0.25, -0.2) is 0 Å². The van der Waals surface area contributed by atoms with Gasteiger partial charge in [0.25, 0.3) is 0 Å². The van der Waals surface area contributed by atoms with E-state index in [9.17, 15) is 4.79 Å². The highest BCUT2D eigenvalue weighted by Gasteiger charge is 2.53. The number of methoxy groups -OCH3 is 1. The van der Waals surface area contributed by atoms with E-state index < -0.39 is 0 Å². The van der Waals surface area contributed by atoms with Crippen LogP contribution < -0.4 is 9.64 Å². The van der Waals surface area contributed by atoms with Crippen molar-refractivity contribution in [1.29, 1.82) is 0 Å². The Kier molecular flexibility index (Phi) is 3.95. The van der Waals surface area contributed by atoms with E-state index in [0.717, 1.165) is 17.0 Å². The Morgan fingerprint density at radius 1 is 1.04 bits per heavy atom. The minimum absolute atomic E-state index is 0.0450. The van der Waals surface area contributed by atoms with Crippen LogP contribution in [0.5, 0.6) is 5.75 Å². The zero-order chi connectivity index (χ0) is 16.4. The number of amides is 1. The second-order valence-corrected chi connectivity index (χ2v) is 6.31. The molecule has 0 radical (unpaired) electrons. The number of hydrogen-bond donors (Lipinski definition) is 0. The summed E-state index contributed by atoms with van der Waals surface area (Å²) in [5, 5.41) is 0. The SMILES string of the molecule is COc1ccc(N2C(=O)C(C)(C)C2/C=C/c2ccccc2)cc1.